The molecular weight excluding hydrogens is 361 g/mol. The number of carbonyl (C=O) groups excluding carboxylic acids is 1. The van der Waals surface area contributed by atoms with Crippen molar-refractivity contribution in [3.8, 4) is 0 Å². The number of hydrogen-bond acceptors (Lipinski definition) is 1. The van der Waals surface area contributed by atoms with Crippen LogP contribution < -0.4 is 5.32 Å². The van der Waals surface area contributed by atoms with Gasteiger partial charge >= 0.3 is 0 Å². The molecule has 0 fully saturated rings. The predicted octanol–water partition coefficient (Wildman–Crippen LogP) is 5.25. The van der Waals surface area contributed by atoms with Gasteiger partial charge in [-0.1, -0.05) is 51.3 Å². The lowest BCUT2D eigenvalue weighted by molar-refractivity contribution is 0.0940. The van der Waals surface area contributed by atoms with Crippen molar-refractivity contribution in [2.45, 2.75) is 13.0 Å². The van der Waals surface area contributed by atoms with Gasteiger partial charge in [-0.3, -0.25) is 4.79 Å². The van der Waals surface area contributed by atoms with E-state index < -0.39 is 0 Å². The monoisotopic (exact) mass is 371 g/mol. The van der Waals surface area contributed by atoms with Gasteiger partial charge in [-0.05, 0) is 42.8 Å². The lowest BCUT2D eigenvalue weighted by Gasteiger charge is -2.15. The minimum absolute atomic E-state index is 0.130. The molecule has 1 N–H and O–H groups in total. The zero-order chi connectivity index (χ0) is 14.7. The van der Waals surface area contributed by atoms with Crippen molar-refractivity contribution in [2.24, 2.45) is 0 Å². The van der Waals surface area contributed by atoms with E-state index in [1.165, 1.54) is 0 Å². The maximum Gasteiger partial charge on any atom is 0.253 e. The quantitative estimate of drug-likeness (QED) is 0.783. The Morgan fingerprint density at radius 2 is 1.80 bits per heavy atom. The van der Waals surface area contributed by atoms with Crippen molar-refractivity contribution < 1.29 is 4.79 Å². The molecule has 1 atom stereocenters. The van der Waals surface area contributed by atoms with Crippen LogP contribution in [-0.4, -0.2) is 5.91 Å². The normalized spacial score (nSPS) is 12.0. The maximum atomic E-state index is 12.2. The number of amides is 1. The van der Waals surface area contributed by atoms with Gasteiger partial charge in [0.1, 0.15) is 0 Å². The Labute approximate surface area is 136 Å². The molecule has 0 aromatic heterocycles. The molecule has 0 bridgehead atoms. The van der Waals surface area contributed by atoms with Crippen LogP contribution in [0.15, 0.2) is 46.9 Å². The molecule has 5 heteroatoms. The summed E-state index contributed by atoms with van der Waals surface area (Å²) in [5, 5.41) is 4.01. The summed E-state index contributed by atoms with van der Waals surface area (Å²) in [6.07, 6.45) is 0. The van der Waals surface area contributed by atoms with Crippen LogP contribution in [0.4, 0.5) is 0 Å². The zero-order valence-electron chi connectivity index (χ0n) is 10.7. The van der Waals surface area contributed by atoms with E-state index in [1.807, 2.05) is 19.1 Å². The molecule has 0 aliphatic heterocycles. The maximum absolute atomic E-state index is 12.2. The molecule has 20 heavy (non-hydrogen) atoms. The molecule has 2 nitrogen and oxygen atoms in total. The van der Waals surface area contributed by atoms with Gasteiger partial charge in [0.25, 0.3) is 5.91 Å². The summed E-state index contributed by atoms with van der Waals surface area (Å²) >= 11 is 15.2. The Balaban J connectivity index is 2.15. The van der Waals surface area contributed by atoms with Gasteiger partial charge in [0.15, 0.2) is 0 Å². The first-order chi connectivity index (χ1) is 9.47. The first-order valence-corrected chi connectivity index (χ1v) is 7.53. The molecule has 2 rings (SSSR count). The summed E-state index contributed by atoms with van der Waals surface area (Å²) in [6.45, 7) is 1.91. The summed E-state index contributed by atoms with van der Waals surface area (Å²) in [5.41, 5.74) is 1.43. The zero-order valence-corrected chi connectivity index (χ0v) is 13.8. The average molecular weight is 373 g/mol. The van der Waals surface area contributed by atoms with E-state index in [1.54, 1.807) is 30.3 Å². The third-order valence-corrected chi connectivity index (χ3v) is 3.97. The van der Waals surface area contributed by atoms with Gasteiger partial charge in [0, 0.05) is 9.50 Å². The second kappa shape index (κ2) is 6.61. The molecule has 1 amide bonds. The fraction of sp³-hybridized carbons (Fsp3) is 0.133. The van der Waals surface area contributed by atoms with Crippen LogP contribution in [0.25, 0.3) is 0 Å². The highest BCUT2D eigenvalue weighted by molar-refractivity contribution is 9.10. The van der Waals surface area contributed by atoms with Crippen LogP contribution >= 0.6 is 39.1 Å². The van der Waals surface area contributed by atoms with Crippen LogP contribution in [0.5, 0.6) is 0 Å². The molecule has 0 radical (unpaired) electrons. The molecule has 2 aromatic rings. The van der Waals surface area contributed by atoms with Crippen molar-refractivity contribution in [1.29, 1.82) is 0 Å². The van der Waals surface area contributed by atoms with Gasteiger partial charge in [-0.2, -0.15) is 0 Å². The number of hydrogen-bond donors (Lipinski definition) is 1. The van der Waals surface area contributed by atoms with E-state index in [9.17, 15) is 4.79 Å². The van der Waals surface area contributed by atoms with Crippen molar-refractivity contribution in [3.63, 3.8) is 0 Å². The van der Waals surface area contributed by atoms with Crippen LogP contribution in [-0.2, 0) is 0 Å². The van der Waals surface area contributed by atoms with E-state index in [0.29, 0.717) is 15.6 Å². The number of nitrogens with one attached hydrogen (secondary N) is 1. The lowest BCUT2D eigenvalue weighted by atomic mass is 10.1. The molecule has 0 spiro atoms. The lowest BCUT2D eigenvalue weighted by Crippen LogP contribution is -2.26. The van der Waals surface area contributed by atoms with Gasteiger partial charge in [-0.25, -0.2) is 0 Å². The van der Waals surface area contributed by atoms with E-state index in [2.05, 4.69) is 21.2 Å². The van der Waals surface area contributed by atoms with Crippen LogP contribution in [0.1, 0.15) is 28.9 Å². The molecule has 1 unspecified atom stereocenters. The van der Waals surface area contributed by atoms with Crippen LogP contribution in [0, 0.1) is 0 Å². The highest BCUT2D eigenvalue weighted by Crippen LogP contribution is 2.22. The molecule has 0 saturated heterocycles. The number of benzene rings is 2. The minimum atomic E-state index is -0.209. The van der Waals surface area contributed by atoms with Crippen molar-refractivity contribution in [2.75, 3.05) is 0 Å². The topological polar surface area (TPSA) is 29.1 Å². The number of carbonyl (C=O) groups is 1. The summed E-state index contributed by atoms with van der Waals surface area (Å²) in [5.74, 6) is -0.209. The summed E-state index contributed by atoms with van der Waals surface area (Å²) in [7, 11) is 0. The van der Waals surface area contributed by atoms with Crippen molar-refractivity contribution in [3.05, 3.63) is 68.1 Å². The smallest absolute Gasteiger partial charge is 0.253 e. The molecule has 0 heterocycles. The standard InChI is InChI=1S/C15H12BrCl2NO/c1-9(10-2-5-12(17)6-3-10)19-15(20)13-8-11(16)4-7-14(13)18/h2-9H,1H3,(H,19,20). The van der Waals surface area contributed by atoms with E-state index in [-0.39, 0.29) is 11.9 Å². The summed E-state index contributed by atoms with van der Waals surface area (Å²) in [4.78, 5) is 12.2. The molecular formula is C15H12BrCl2NO. The Kier molecular flexibility index (Phi) is 5.08. The fourth-order valence-electron chi connectivity index (χ4n) is 1.78. The highest BCUT2D eigenvalue weighted by atomic mass is 79.9. The van der Waals surface area contributed by atoms with Gasteiger partial charge in [-0.15, -0.1) is 0 Å². The summed E-state index contributed by atoms with van der Waals surface area (Å²) < 4.78 is 0.811. The van der Waals surface area contributed by atoms with Crippen LogP contribution in [0.3, 0.4) is 0 Å². The Morgan fingerprint density at radius 1 is 1.15 bits per heavy atom. The number of halogens is 3. The highest BCUT2D eigenvalue weighted by Gasteiger charge is 2.14. The second-order valence-electron chi connectivity index (χ2n) is 4.37. The second-order valence-corrected chi connectivity index (χ2v) is 6.13. The minimum Gasteiger partial charge on any atom is -0.345 e. The Hall–Kier alpha value is -1.03. The Morgan fingerprint density at radius 3 is 2.45 bits per heavy atom. The molecule has 2 aromatic carbocycles. The third-order valence-electron chi connectivity index (χ3n) is 2.89. The number of rotatable bonds is 3. The first kappa shape index (κ1) is 15.4. The Bertz CT molecular complexity index is 628. The first-order valence-electron chi connectivity index (χ1n) is 5.99. The van der Waals surface area contributed by atoms with E-state index >= 15 is 0 Å². The van der Waals surface area contributed by atoms with Crippen molar-refractivity contribution >= 4 is 45.0 Å². The van der Waals surface area contributed by atoms with E-state index in [4.69, 9.17) is 23.2 Å². The molecule has 0 saturated carbocycles. The average Bonchev–Trinajstić information content (AvgIpc) is 2.42. The van der Waals surface area contributed by atoms with Crippen LogP contribution in [0.2, 0.25) is 10.0 Å². The largest absolute Gasteiger partial charge is 0.345 e. The SMILES string of the molecule is CC(NC(=O)c1cc(Br)ccc1Cl)c1ccc(Cl)cc1. The van der Waals surface area contributed by atoms with Gasteiger partial charge in [0.05, 0.1) is 16.6 Å². The van der Waals surface area contributed by atoms with Gasteiger partial charge < -0.3 is 5.32 Å². The van der Waals surface area contributed by atoms with Crippen molar-refractivity contribution in [1.82, 2.24) is 5.32 Å². The fourth-order valence-corrected chi connectivity index (χ4v) is 2.47. The molecule has 104 valence electrons. The molecule has 0 aliphatic rings. The summed E-state index contributed by atoms with van der Waals surface area (Å²) in [6, 6.07) is 12.4. The molecule has 0 aliphatic carbocycles. The van der Waals surface area contributed by atoms with Gasteiger partial charge in [0.2, 0.25) is 0 Å². The predicted molar refractivity (Wildman–Crippen MR) is 86.5 cm³/mol. The van der Waals surface area contributed by atoms with E-state index in [0.717, 1.165) is 10.0 Å². The third kappa shape index (κ3) is 3.75.